The molecular formula is C19H26N4O4. The molecule has 0 unspecified atom stereocenters. The van der Waals surface area contributed by atoms with Crippen molar-refractivity contribution in [2.75, 3.05) is 26.8 Å². The fourth-order valence-corrected chi connectivity index (χ4v) is 3.61. The average Bonchev–Trinajstić information content (AvgIpc) is 3.33. The number of imidazole rings is 1. The molecule has 0 spiro atoms. The minimum absolute atomic E-state index is 0.0169. The van der Waals surface area contributed by atoms with Gasteiger partial charge in [0.05, 0.1) is 23.8 Å². The van der Waals surface area contributed by atoms with Crippen LogP contribution in [0.1, 0.15) is 47.6 Å². The molecule has 3 heterocycles. The molecule has 0 radical (unpaired) electrons. The Morgan fingerprint density at radius 1 is 1.41 bits per heavy atom. The maximum atomic E-state index is 13.1. The molecule has 146 valence electrons. The molecule has 1 aliphatic rings. The number of aromatic nitrogens is 2. The fraction of sp³-hybridized carbons (Fsp3) is 0.526. The van der Waals surface area contributed by atoms with E-state index in [-0.39, 0.29) is 36.3 Å². The third-order valence-corrected chi connectivity index (χ3v) is 4.87. The summed E-state index contributed by atoms with van der Waals surface area (Å²) < 4.78 is 12.3. The monoisotopic (exact) mass is 374 g/mol. The van der Waals surface area contributed by atoms with E-state index in [4.69, 9.17) is 9.15 Å². The minimum atomic E-state index is -0.230. The molecule has 1 fully saturated rings. The second-order valence-corrected chi connectivity index (χ2v) is 7.17. The summed E-state index contributed by atoms with van der Waals surface area (Å²) in [5.74, 6) is 1.25. The van der Waals surface area contributed by atoms with Crippen molar-refractivity contribution in [3.63, 3.8) is 0 Å². The van der Waals surface area contributed by atoms with Gasteiger partial charge in [0.1, 0.15) is 18.2 Å². The van der Waals surface area contributed by atoms with Crippen LogP contribution in [0.25, 0.3) is 0 Å². The molecule has 2 amide bonds. The summed E-state index contributed by atoms with van der Waals surface area (Å²) in [6, 6.07) is 1.48. The topological polar surface area (TPSA) is 89.6 Å². The first kappa shape index (κ1) is 19.2. The van der Waals surface area contributed by atoms with Crippen LogP contribution in [-0.4, -0.2) is 59.1 Å². The molecule has 27 heavy (non-hydrogen) atoms. The van der Waals surface area contributed by atoms with Crippen LogP contribution in [0.15, 0.2) is 29.1 Å². The van der Waals surface area contributed by atoms with E-state index >= 15 is 0 Å². The van der Waals surface area contributed by atoms with E-state index in [0.29, 0.717) is 24.4 Å². The van der Waals surface area contributed by atoms with Crippen molar-refractivity contribution in [1.82, 2.24) is 19.8 Å². The van der Waals surface area contributed by atoms with Crippen LogP contribution < -0.4 is 5.32 Å². The Hall–Kier alpha value is -2.61. The summed E-state index contributed by atoms with van der Waals surface area (Å²) in [4.78, 5) is 31.3. The highest BCUT2D eigenvalue weighted by Crippen LogP contribution is 2.29. The van der Waals surface area contributed by atoms with Crippen molar-refractivity contribution in [2.24, 2.45) is 7.05 Å². The number of rotatable bonds is 6. The second kappa shape index (κ2) is 7.96. The first-order chi connectivity index (χ1) is 12.9. The summed E-state index contributed by atoms with van der Waals surface area (Å²) in [5.41, 5.74) is 0.576. The number of nitrogens with one attached hydrogen (secondary N) is 1. The largest absolute Gasteiger partial charge is 0.468 e. The smallest absolute Gasteiger partial charge is 0.257 e. The van der Waals surface area contributed by atoms with Gasteiger partial charge < -0.3 is 23.9 Å². The van der Waals surface area contributed by atoms with Gasteiger partial charge in [-0.15, -0.1) is 0 Å². The number of carbonyl (C=O) groups is 2. The van der Waals surface area contributed by atoms with E-state index in [1.807, 2.05) is 31.7 Å². The molecule has 3 rings (SSSR count). The Balaban J connectivity index is 1.83. The molecule has 1 aliphatic heterocycles. The van der Waals surface area contributed by atoms with E-state index in [1.54, 1.807) is 23.4 Å². The first-order valence-electron chi connectivity index (χ1n) is 9.04. The van der Waals surface area contributed by atoms with Gasteiger partial charge >= 0.3 is 0 Å². The number of hydrogen-bond donors (Lipinski definition) is 1. The predicted octanol–water partition coefficient (Wildman–Crippen LogP) is 1.51. The van der Waals surface area contributed by atoms with Gasteiger partial charge in [0.25, 0.3) is 5.91 Å². The van der Waals surface area contributed by atoms with Gasteiger partial charge in [-0.1, -0.05) is 13.8 Å². The molecule has 2 aromatic rings. The molecule has 0 bridgehead atoms. The van der Waals surface area contributed by atoms with Crippen LogP contribution >= 0.6 is 0 Å². The highest BCUT2D eigenvalue weighted by molar-refractivity contribution is 5.95. The maximum Gasteiger partial charge on any atom is 0.257 e. The van der Waals surface area contributed by atoms with Crippen molar-refractivity contribution in [3.8, 4) is 0 Å². The minimum Gasteiger partial charge on any atom is -0.468 e. The van der Waals surface area contributed by atoms with Crippen LogP contribution in [0.3, 0.4) is 0 Å². The molecule has 1 N–H and O–H groups in total. The zero-order valence-corrected chi connectivity index (χ0v) is 16.1. The summed E-state index contributed by atoms with van der Waals surface area (Å²) >= 11 is 0. The fourth-order valence-electron chi connectivity index (χ4n) is 3.61. The van der Waals surface area contributed by atoms with Crippen LogP contribution in [-0.2, 0) is 16.6 Å². The first-order valence-corrected chi connectivity index (χ1v) is 9.04. The Morgan fingerprint density at radius 3 is 2.81 bits per heavy atom. The van der Waals surface area contributed by atoms with Gasteiger partial charge in [-0.05, 0) is 6.07 Å². The molecule has 2 aromatic heterocycles. The zero-order valence-electron chi connectivity index (χ0n) is 16.1. The standard InChI is InChI=1S/C19H26N4O4/c1-12(2)17-13(5-8-27-17)19(25)23-9-14(18-20-6-7-22(18)3)15(10-23)21-16(24)11-26-4/h5-8,12,14-15H,9-11H2,1-4H3,(H,21,24)/t14-,15-/m1/s1. The van der Waals surface area contributed by atoms with Crippen molar-refractivity contribution in [2.45, 2.75) is 31.7 Å². The molecule has 0 aliphatic carbocycles. The normalized spacial score (nSPS) is 19.7. The summed E-state index contributed by atoms with van der Waals surface area (Å²) in [7, 11) is 3.39. The lowest BCUT2D eigenvalue weighted by Gasteiger charge is -2.19. The number of amides is 2. The summed E-state index contributed by atoms with van der Waals surface area (Å²) in [6.07, 6.45) is 5.13. The van der Waals surface area contributed by atoms with Crippen molar-refractivity contribution < 1.29 is 18.7 Å². The Labute approximate surface area is 158 Å². The Bertz CT molecular complexity index is 810. The molecule has 0 aromatic carbocycles. The molecule has 8 nitrogen and oxygen atoms in total. The Kier molecular flexibility index (Phi) is 5.65. The number of aryl methyl sites for hydroxylation is 1. The van der Waals surface area contributed by atoms with Gasteiger partial charge in [-0.3, -0.25) is 9.59 Å². The van der Waals surface area contributed by atoms with E-state index in [2.05, 4.69) is 10.3 Å². The molecule has 1 saturated heterocycles. The quantitative estimate of drug-likeness (QED) is 0.828. The number of ether oxygens (including phenoxy) is 1. The number of nitrogens with zero attached hydrogens (tertiary/aromatic N) is 3. The number of furan rings is 1. The van der Waals surface area contributed by atoms with Gasteiger partial charge in [0.15, 0.2) is 0 Å². The third-order valence-electron chi connectivity index (χ3n) is 4.87. The lowest BCUT2D eigenvalue weighted by atomic mass is 10.0. The van der Waals surface area contributed by atoms with Gasteiger partial charge in [0, 0.05) is 45.6 Å². The predicted molar refractivity (Wildman–Crippen MR) is 98.5 cm³/mol. The van der Waals surface area contributed by atoms with E-state index < -0.39 is 0 Å². The molecule has 0 saturated carbocycles. The maximum absolute atomic E-state index is 13.1. The van der Waals surface area contributed by atoms with Crippen LogP contribution in [0.2, 0.25) is 0 Å². The molecule has 8 heteroatoms. The van der Waals surface area contributed by atoms with Gasteiger partial charge in [0.2, 0.25) is 5.91 Å². The van der Waals surface area contributed by atoms with E-state index in [1.165, 1.54) is 7.11 Å². The van der Waals surface area contributed by atoms with Crippen LogP contribution in [0, 0.1) is 0 Å². The van der Waals surface area contributed by atoms with Crippen LogP contribution in [0.5, 0.6) is 0 Å². The number of hydrogen-bond acceptors (Lipinski definition) is 5. The number of methoxy groups -OCH3 is 1. The third kappa shape index (κ3) is 3.90. The summed E-state index contributed by atoms with van der Waals surface area (Å²) in [6.45, 7) is 4.85. The Morgan fingerprint density at radius 2 is 2.19 bits per heavy atom. The zero-order chi connectivity index (χ0) is 19.6. The molecular weight excluding hydrogens is 348 g/mol. The van der Waals surface area contributed by atoms with Gasteiger partial charge in [-0.25, -0.2) is 4.98 Å². The lowest BCUT2D eigenvalue weighted by Crippen LogP contribution is -2.42. The van der Waals surface area contributed by atoms with Crippen LogP contribution in [0.4, 0.5) is 0 Å². The number of carbonyl (C=O) groups excluding carboxylic acids is 2. The summed E-state index contributed by atoms with van der Waals surface area (Å²) in [5, 5.41) is 2.98. The lowest BCUT2D eigenvalue weighted by molar-refractivity contribution is -0.125. The van der Waals surface area contributed by atoms with Crippen molar-refractivity contribution >= 4 is 11.8 Å². The van der Waals surface area contributed by atoms with E-state index in [9.17, 15) is 9.59 Å². The average molecular weight is 374 g/mol. The van der Waals surface area contributed by atoms with Gasteiger partial charge in [-0.2, -0.15) is 0 Å². The SMILES string of the molecule is COCC(=O)N[C@@H]1CN(C(=O)c2ccoc2C(C)C)C[C@H]1c1nccn1C. The highest BCUT2D eigenvalue weighted by atomic mass is 16.5. The number of likely N-dealkylation sites (tertiary alicyclic amines) is 1. The molecule has 2 atom stereocenters. The second-order valence-electron chi connectivity index (χ2n) is 7.17. The van der Waals surface area contributed by atoms with E-state index in [0.717, 1.165) is 5.82 Å². The van der Waals surface area contributed by atoms with Crippen molar-refractivity contribution in [3.05, 3.63) is 41.9 Å². The van der Waals surface area contributed by atoms with Crippen molar-refractivity contribution in [1.29, 1.82) is 0 Å². The highest BCUT2D eigenvalue weighted by Gasteiger charge is 2.40.